The first kappa shape index (κ1) is 13.5. The summed E-state index contributed by atoms with van der Waals surface area (Å²) < 4.78 is 5.07. The molecule has 5 heteroatoms. The fraction of sp³-hybridized carbons (Fsp3) is 0.417. The molecule has 5 nitrogen and oxygen atoms in total. The number of amides is 1. The van der Waals surface area contributed by atoms with E-state index < -0.39 is 11.9 Å². The average molecular weight is 237 g/mol. The van der Waals surface area contributed by atoms with E-state index in [-0.39, 0.29) is 0 Å². The Morgan fingerprint density at radius 1 is 1.41 bits per heavy atom. The van der Waals surface area contributed by atoms with E-state index in [1.807, 2.05) is 24.3 Å². The molecule has 0 saturated heterocycles. The van der Waals surface area contributed by atoms with Gasteiger partial charge in [0.2, 0.25) is 5.91 Å². The van der Waals surface area contributed by atoms with E-state index in [4.69, 9.17) is 16.2 Å². The second kappa shape index (κ2) is 6.88. The van der Waals surface area contributed by atoms with Gasteiger partial charge in [-0.3, -0.25) is 4.79 Å². The largest absolute Gasteiger partial charge is 0.497 e. The Hall–Kier alpha value is -1.59. The van der Waals surface area contributed by atoms with Crippen LogP contribution < -0.4 is 21.5 Å². The highest BCUT2D eigenvalue weighted by Gasteiger charge is 2.07. The summed E-state index contributed by atoms with van der Waals surface area (Å²) in [6.45, 7) is 1.17. The number of ether oxygens (including phenoxy) is 1. The van der Waals surface area contributed by atoms with Crippen molar-refractivity contribution in [1.29, 1.82) is 0 Å². The predicted octanol–water partition coefficient (Wildman–Crippen LogP) is -0.360. The number of methoxy groups -OCH3 is 1. The number of benzene rings is 1. The van der Waals surface area contributed by atoms with Crippen LogP contribution in [0.1, 0.15) is 5.56 Å². The SMILES string of the molecule is COc1ccc(CCNCC(N)C(N)=O)cc1. The van der Waals surface area contributed by atoms with Crippen molar-refractivity contribution in [3.05, 3.63) is 29.8 Å². The van der Waals surface area contributed by atoms with Gasteiger partial charge in [-0.15, -0.1) is 0 Å². The molecule has 0 spiro atoms. The molecule has 0 saturated carbocycles. The predicted molar refractivity (Wildman–Crippen MR) is 66.7 cm³/mol. The zero-order valence-electron chi connectivity index (χ0n) is 9.98. The van der Waals surface area contributed by atoms with Gasteiger partial charge in [0.15, 0.2) is 0 Å². The number of primary amides is 1. The first-order valence-corrected chi connectivity index (χ1v) is 5.52. The molecule has 1 aromatic rings. The second-order valence-electron chi connectivity index (χ2n) is 3.81. The molecule has 0 fully saturated rings. The minimum atomic E-state index is -0.620. The van der Waals surface area contributed by atoms with Crippen LogP contribution >= 0.6 is 0 Å². The topological polar surface area (TPSA) is 90.4 Å². The summed E-state index contributed by atoms with van der Waals surface area (Å²) in [5.74, 6) is 0.361. The number of nitrogens with two attached hydrogens (primary N) is 2. The second-order valence-corrected chi connectivity index (χ2v) is 3.81. The van der Waals surface area contributed by atoms with Crippen molar-refractivity contribution >= 4 is 5.91 Å². The standard InChI is InChI=1S/C12H19N3O2/c1-17-10-4-2-9(3-5-10)6-7-15-8-11(13)12(14)16/h2-5,11,15H,6-8,13H2,1H3,(H2,14,16). The molecule has 94 valence electrons. The Morgan fingerprint density at radius 2 is 2.06 bits per heavy atom. The average Bonchev–Trinajstić information content (AvgIpc) is 2.35. The van der Waals surface area contributed by atoms with Gasteiger partial charge in [-0.05, 0) is 30.7 Å². The lowest BCUT2D eigenvalue weighted by atomic mass is 10.1. The Labute approximate surface area is 101 Å². The molecule has 17 heavy (non-hydrogen) atoms. The van der Waals surface area contributed by atoms with E-state index in [1.165, 1.54) is 5.56 Å². The zero-order chi connectivity index (χ0) is 12.7. The maximum Gasteiger partial charge on any atom is 0.235 e. The molecule has 1 aromatic carbocycles. The van der Waals surface area contributed by atoms with Gasteiger partial charge in [0.25, 0.3) is 0 Å². The Kier molecular flexibility index (Phi) is 5.45. The number of hydrogen-bond acceptors (Lipinski definition) is 4. The van der Waals surface area contributed by atoms with Crippen molar-refractivity contribution < 1.29 is 9.53 Å². The monoisotopic (exact) mass is 237 g/mol. The maximum atomic E-state index is 10.7. The molecule has 1 amide bonds. The minimum absolute atomic E-state index is 0.408. The van der Waals surface area contributed by atoms with Crippen LogP contribution in [0.5, 0.6) is 5.75 Å². The molecule has 0 radical (unpaired) electrons. The summed E-state index contributed by atoms with van der Waals surface area (Å²) in [7, 11) is 1.64. The summed E-state index contributed by atoms with van der Waals surface area (Å²) in [4.78, 5) is 10.7. The summed E-state index contributed by atoms with van der Waals surface area (Å²) in [5, 5.41) is 3.09. The normalized spacial score (nSPS) is 12.1. The summed E-state index contributed by atoms with van der Waals surface area (Å²) in [6.07, 6.45) is 0.871. The van der Waals surface area contributed by atoms with E-state index in [9.17, 15) is 4.79 Å². The van der Waals surface area contributed by atoms with Gasteiger partial charge in [0.1, 0.15) is 5.75 Å². The molecule has 0 aliphatic heterocycles. The molecule has 0 bridgehead atoms. The maximum absolute atomic E-state index is 10.7. The van der Waals surface area contributed by atoms with E-state index in [0.29, 0.717) is 6.54 Å². The van der Waals surface area contributed by atoms with Crippen LogP contribution in [0.4, 0.5) is 0 Å². The number of carbonyl (C=O) groups excluding carboxylic acids is 1. The fourth-order valence-electron chi connectivity index (χ4n) is 1.38. The zero-order valence-corrected chi connectivity index (χ0v) is 9.98. The first-order chi connectivity index (χ1) is 8.13. The third-order valence-electron chi connectivity index (χ3n) is 2.48. The van der Waals surface area contributed by atoms with Crippen LogP contribution in [-0.2, 0) is 11.2 Å². The Bertz CT molecular complexity index is 351. The number of rotatable bonds is 7. The van der Waals surface area contributed by atoms with Crippen molar-refractivity contribution in [1.82, 2.24) is 5.32 Å². The molecular weight excluding hydrogens is 218 g/mol. The van der Waals surface area contributed by atoms with Crippen molar-refractivity contribution in [2.45, 2.75) is 12.5 Å². The smallest absolute Gasteiger partial charge is 0.235 e. The first-order valence-electron chi connectivity index (χ1n) is 5.52. The van der Waals surface area contributed by atoms with Gasteiger partial charge in [-0.1, -0.05) is 12.1 Å². The summed E-state index contributed by atoms with van der Waals surface area (Å²) in [6, 6.07) is 7.24. The number of carbonyl (C=O) groups is 1. The van der Waals surface area contributed by atoms with E-state index in [1.54, 1.807) is 7.11 Å². The lowest BCUT2D eigenvalue weighted by Crippen LogP contribution is -2.44. The lowest BCUT2D eigenvalue weighted by molar-refractivity contribution is -0.119. The van der Waals surface area contributed by atoms with Gasteiger partial charge >= 0.3 is 0 Å². The van der Waals surface area contributed by atoms with Crippen LogP contribution in [0.15, 0.2) is 24.3 Å². The van der Waals surface area contributed by atoms with Crippen molar-refractivity contribution in [3.63, 3.8) is 0 Å². The molecule has 0 heterocycles. The van der Waals surface area contributed by atoms with E-state index in [2.05, 4.69) is 5.32 Å². The number of nitrogens with one attached hydrogen (secondary N) is 1. The highest BCUT2D eigenvalue weighted by Crippen LogP contribution is 2.11. The van der Waals surface area contributed by atoms with Gasteiger partial charge < -0.3 is 21.5 Å². The van der Waals surface area contributed by atoms with Crippen LogP contribution in [-0.4, -0.2) is 32.1 Å². The van der Waals surface area contributed by atoms with Crippen molar-refractivity contribution in [3.8, 4) is 5.75 Å². The Morgan fingerprint density at radius 3 is 2.59 bits per heavy atom. The molecule has 5 N–H and O–H groups in total. The Balaban J connectivity index is 2.24. The van der Waals surface area contributed by atoms with E-state index >= 15 is 0 Å². The quantitative estimate of drug-likeness (QED) is 0.565. The third-order valence-corrected chi connectivity index (χ3v) is 2.48. The molecule has 1 rings (SSSR count). The molecule has 0 aliphatic rings. The van der Waals surface area contributed by atoms with Crippen molar-refractivity contribution in [2.24, 2.45) is 11.5 Å². The van der Waals surface area contributed by atoms with Crippen LogP contribution in [0.2, 0.25) is 0 Å². The van der Waals surface area contributed by atoms with Gasteiger partial charge in [-0.25, -0.2) is 0 Å². The van der Waals surface area contributed by atoms with Crippen LogP contribution in [0.25, 0.3) is 0 Å². The van der Waals surface area contributed by atoms with Gasteiger partial charge in [-0.2, -0.15) is 0 Å². The highest BCUT2D eigenvalue weighted by atomic mass is 16.5. The minimum Gasteiger partial charge on any atom is -0.497 e. The molecule has 0 aromatic heterocycles. The lowest BCUT2D eigenvalue weighted by Gasteiger charge is -2.09. The third kappa shape index (κ3) is 4.84. The number of hydrogen-bond donors (Lipinski definition) is 3. The van der Waals surface area contributed by atoms with Crippen LogP contribution in [0.3, 0.4) is 0 Å². The summed E-state index contributed by atoms with van der Waals surface area (Å²) >= 11 is 0. The highest BCUT2D eigenvalue weighted by molar-refractivity contribution is 5.79. The van der Waals surface area contributed by atoms with Crippen LogP contribution in [0, 0.1) is 0 Å². The van der Waals surface area contributed by atoms with Gasteiger partial charge in [0.05, 0.1) is 13.2 Å². The molecule has 1 atom stereocenters. The summed E-state index contributed by atoms with van der Waals surface area (Å²) in [5.41, 5.74) is 11.7. The fourth-order valence-corrected chi connectivity index (χ4v) is 1.38. The molecule has 1 unspecified atom stereocenters. The van der Waals surface area contributed by atoms with E-state index in [0.717, 1.165) is 18.7 Å². The van der Waals surface area contributed by atoms with Gasteiger partial charge in [0, 0.05) is 6.54 Å². The van der Waals surface area contributed by atoms with Crippen molar-refractivity contribution in [2.75, 3.05) is 20.2 Å². The molecule has 0 aliphatic carbocycles. The molecular formula is C12H19N3O2.